The largest absolute Gasteiger partial charge is 0.489 e. The van der Waals surface area contributed by atoms with Gasteiger partial charge in [0, 0.05) is 98.1 Å². The number of halogens is 1. The molecule has 344 valence electrons. The number of hydrogen-bond donors (Lipinski definition) is 3. The lowest BCUT2D eigenvalue weighted by atomic mass is 9.49. The molecule has 3 N–H and O–H groups in total. The van der Waals surface area contributed by atoms with Crippen LogP contribution in [0, 0.1) is 22.2 Å². The van der Waals surface area contributed by atoms with Crippen LogP contribution in [0.2, 0.25) is 5.02 Å². The van der Waals surface area contributed by atoms with Crippen LogP contribution in [0.15, 0.2) is 61.2 Å². The maximum Gasteiger partial charge on any atom is 0.254 e. The number of aliphatic hydroxyl groups is 1. The third kappa shape index (κ3) is 9.92. The van der Waals surface area contributed by atoms with E-state index in [2.05, 4.69) is 87.2 Å². The highest BCUT2D eigenvalue weighted by molar-refractivity contribution is 6.31. The number of ether oxygens (including phenoxy) is 3. The summed E-state index contributed by atoms with van der Waals surface area (Å²) < 4.78 is 20.3. The number of piperidine rings is 2. The van der Waals surface area contributed by atoms with Crippen LogP contribution in [-0.4, -0.2) is 104 Å². The number of carbonyl (C=O) groups is 1. The van der Waals surface area contributed by atoms with Crippen molar-refractivity contribution in [3.63, 3.8) is 0 Å². The number of pyridine rings is 1. The Balaban J connectivity index is 0.760. The molecule has 0 radical (unpaired) electrons. The summed E-state index contributed by atoms with van der Waals surface area (Å²) in [6.07, 6.45) is 13.3. The number of aliphatic hydroxyl groups excluding tert-OH is 1. The molecule has 1 unspecified atom stereocenters. The maximum atomic E-state index is 13.4. The third-order valence-electron chi connectivity index (χ3n) is 13.3. The van der Waals surface area contributed by atoms with Gasteiger partial charge in [-0.3, -0.25) is 4.79 Å². The van der Waals surface area contributed by atoms with Gasteiger partial charge < -0.3 is 39.8 Å². The molecule has 1 aromatic carbocycles. The van der Waals surface area contributed by atoms with E-state index in [-0.39, 0.29) is 47.6 Å². The summed E-state index contributed by atoms with van der Waals surface area (Å²) in [6.45, 7) is 14.3. The third-order valence-corrected chi connectivity index (χ3v) is 13.6. The Bertz CT molecular complexity index is 2450. The first-order valence-corrected chi connectivity index (χ1v) is 23.2. The van der Waals surface area contributed by atoms with E-state index in [9.17, 15) is 15.2 Å². The van der Waals surface area contributed by atoms with E-state index in [0.29, 0.717) is 53.5 Å². The molecule has 2 saturated heterocycles. The molecule has 8 rings (SSSR count). The summed E-state index contributed by atoms with van der Waals surface area (Å²) in [5.74, 6) is 3.25. The van der Waals surface area contributed by atoms with Gasteiger partial charge in [0.15, 0.2) is 5.65 Å². The number of hydrogen-bond acceptors (Lipinski definition) is 14. The molecule has 3 fully saturated rings. The molecule has 5 aromatic rings. The van der Waals surface area contributed by atoms with Crippen LogP contribution in [-0.2, 0) is 17.7 Å². The first-order chi connectivity index (χ1) is 31.4. The Morgan fingerprint density at radius 1 is 0.969 bits per heavy atom. The van der Waals surface area contributed by atoms with Crippen molar-refractivity contribution < 1.29 is 24.1 Å². The zero-order valence-electron chi connectivity index (χ0n) is 38.0. The van der Waals surface area contributed by atoms with Crippen LogP contribution in [0.1, 0.15) is 100 Å². The first kappa shape index (κ1) is 45.8. The molecule has 6 heterocycles. The molecular weight excluding hydrogens is 846 g/mol. The van der Waals surface area contributed by atoms with Crippen LogP contribution in [0.3, 0.4) is 0 Å². The molecule has 2 aliphatic heterocycles. The zero-order valence-corrected chi connectivity index (χ0v) is 38.7. The number of benzene rings is 1. The molecule has 1 amide bonds. The molecule has 1 saturated carbocycles. The first-order valence-electron chi connectivity index (χ1n) is 22.8. The Labute approximate surface area is 385 Å². The van der Waals surface area contributed by atoms with E-state index >= 15 is 0 Å². The summed E-state index contributed by atoms with van der Waals surface area (Å²) >= 11 is 6.25. The van der Waals surface area contributed by atoms with Gasteiger partial charge in [-0.05, 0) is 62.6 Å². The Kier molecular flexibility index (Phi) is 13.9. The van der Waals surface area contributed by atoms with Gasteiger partial charge >= 0.3 is 0 Å². The second-order valence-electron chi connectivity index (χ2n) is 18.4. The predicted octanol–water partition coefficient (Wildman–Crippen LogP) is 7.03. The van der Waals surface area contributed by atoms with Gasteiger partial charge in [-0.15, -0.1) is 0 Å². The predicted molar refractivity (Wildman–Crippen MR) is 249 cm³/mol. The highest BCUT2D eigenvalue weighted by Gasteiger charge is 2.64. The number of anilines is 3. The average Bonchev–Trinajstić information content (AvgIpc) is 3.74. The van der Waals surface area contributed by atoms with Crippen molar-refractivity contribution in [2.45, 2.75) is 110 Å². The summed E-state index contributed by atoms with van der Waals surface area (Å²) in [5, 5.41) is 30.7. The quantitative estimate of drug-likeness (QED) is 0.0807. The van der Waals surface area contributed by atoms with Crippen molar-refractivity contribution in [3.05, 3.63) is 88.5 Å². The fraction of sp³-hybridized carbons (Fsp3) is 0.521. The number of nitrogens with one attached hydrogen (secondary N) is 2. The number of nitrogens with zero attached hydrogens (tertiary/aromatic N) is 9. The van der Waals surface area contributed by atoms with Gasteiger partial charge in [-0.25, -0.2) is 19.9 Å². The molecule has 3 aliphatic rings. The minimum Gasteiger partial charge on any atom is -0.489 e. The highest BCUT2D eigenvalue weighted by atomic mass is 35.5. The number of aromatic nitrogens is 6. The molecule has 0 spiro atoms. The van der Waals surface area contributed by atoms with Gasteiger partial charge in [-0.1, -0.05) is 52.3 Å². The maximum absolute atomic E-state index is 13.4. The monoisotopic (exact) mass is 905 g/mol. The highest BCUT2D eigenvalue weighted by Crippen LogP contribution is 2.55. The van der Waals surface area contributed by atoms with Crippen molar-refractivity contribution in [1.29, 1.82) is 5.26 Å². The van der Waals surface area contributed by atoms with Gasteiger partial charge in [-0.2, -0.15) is 14.9 Å². The number of nitriles is 1. The lowest BCUT2D eigenvalue weighted by Crippen LogP contribution is -2.74. The second kappa shape index (κ2) is 19.8. The van der Waals surface area contributed by atoms with Crippen LogP contribution < -0.4 is 29.9 Å². The number of aryl methyl sites for hydroxylation is 1. The summed E-state index contributed by atoms with van der Waals surface area (Å²) in [6, 6.07) is 13.2. The molecule has 1 atom stereocenters. The van der Waals surface area contributed by atoms with Gasteiger partial charge in [0.1, 0.15) is 36.2 Å². The van der Waals surface area contributed by atoms with E-state index in [1.54, 1.807) is 30.6 Å². The number of fused-ring (bicyclic) bond motifs is 1. The molecular formula is C48H60ClN11O5. The van der Waals surface area contributed by atoms with Gasteiger partial charge in [0.25, 0.3) is 5.91 Å². The van der Waals surface area contributed by atoms with Gasteiger partial charge in [0.05, 0.1) is 35.1 Å². The van der Waals surface area contributed by atoms with E-state index in [0.717, 1.165) is 86.6 Å². The SMILES string of the molecule is CCc1cnn2c(NCc3ccc(OCCOC4CCN(c5ncc(C(=O)NC6C(C)(C)C(Oc7ccc(C#N)c(Cl)c7)C6(C)C)cn5)CC4)nc3)cc(N3CCCCC3CCO)nc12. The lowest BCUT2D eigenvalue weighted by molar-refractivity contribution is -0.164. The second-order valence-corrected chi connectivity index (χ2v) is 18.9. The van der Waals surface area contributed by atoms with Crippen LogP contribution in [0.25, 0.3) is 5.65 Å². The van der Waals surface area contributed by atoms with E-state index < -0.39 is 0 Å². The van der Waals surface area contributed by atoms with Crippen molar-refractivity contribution in [1.82, 2.24) is 34.9 Å². The van der Waals surface area contributed by atoms with Crippen LogP contribution in [0.5, 0.6) is 11.6 Å². The summed E-state index contributed by atoms with van der Waals surface area (Å²) in [4.78, 5) is 36.6. The molecule has 4 aromatic heterocycles. The molecule has 17 heteroatoms. The van der Waals surface area contributed by atoms with Crippen molar-refractivity contribution in [2.75, 3.05) is 54.6 Å². The van der Waals surface area contributed by atoms with Crippen LogP contribution in [0.4, 0.5) is 17.6 Å². The number of carbonyl (C=O) groups excluding carboxylic acids is 1. The molecule has 65 heavy (non-hydrogen) atoms. The topological polar surface area (TPSA) is 188 Å². The van der Waals surface area contributed by atoms with E-state index in [4.69, 9.17) is 30.8 Å². The molecule has 1 aliphatic carbocycles. The molecule has 16 nitrogen and oxygen atoms in total. The van der Waals surface area contributed by atoms with Crippen LogP contribution >= 0.6 is 11.6 Å². The smallest absolute Gasteiger partial charge is 0.254 e. The Morgan fingerprint density at radius 2 is 1.75 bits per heavy atom. The van der Waals surface area contributed by atoms with E-state index in [1.807, 2.05) is 29.0 Å². The summed E-state index contributed by atoms with van der Waals surface area (Å²) in [5.41, 5.74) is 2.96. The minimum atomic E-state index is -0.388. The van der Waals surface area contributed by atoms with Crippen molar-refractivity contribution in [3.8, 4) is 17.7 Å². The Morgan fingerprint density at radius 3 is 2.45 bits per heavy atom. The fourth-order valence-corrected chi connectivity index (χ4v) is 10.3. The Hall–Kier alpha value is -5.76. The minimum absolute atomic E-state index is 0.0936. The molecule has 0 bridgehead atoms. The van der Waals surface area contributed by atoms with E-state index in [1.165, 1.54) is 6.42 Å². The standard InChI is InChI=1S/C48H60ClN11O5/c1-6-32-30-55-60-39(24-40(56-42(32)60)59-17-8-7-9-35(59)16-20-61)51-26-31-10-13-41(52-27-31)64-22-21-63-36-14-18-58(19-15-36)46-53-28-34(29-54-46)43(62)57-44-47(2,3)45(48(44,4)5)65-37-12-11-33(25-50)38(49)23-37/h10-13,23-24,27-30,35-36,44-45,51,61H,6-9,14-22,26H2,1-5H3,(H,57,62). The lowest BCUT2D eigenvalue weighted by Gasteiger charge is -2.63. The zero-order chi connectivity index (χ0) is 45.7. The average molecular weight is 907 g/mol. The number of amides is 1. The van der Waals surface area contributed by atoms with Crippen molar-refractivity contribution >= 4 is 40.7 Å². The van der Waals surface area contributed by atoms with Crippen molar-refractivity contribution in [2.24, 2.45) is 10.8 Å². The summed E-state index contributed by atoms with van der Waals surface area (Å²) in [7, 11) is 0. The van der Waals surface area contributed by atoms with Gasteiger partial charge in [0.2, 0.25) is 11.8 Å². The normalized spacial score (nSPS) is 20.5. The fourth-order valence-electron chi connectivity index (χ4n) is 10.1. The number of rotatable bonds is 17.